The lowest BCUT2D eigenvalue weighted by atomic mass is 9.98. The smallest absolute Gasteiger partial charge is 0.307 e. The summed E-state index contributed by atoms with van der Waals surface area (Å²) in [4.78, 5) is 24.4. The number of hydrogen-bond acceptors (Lipinski definition) is 5. The molecule has 1 amide bonds. The number of esters is 1. The van der Waals surface area contributed by atoms with Gasteiger partial charge in [0.15, 0.2) is 17.6 Å². The van der Waals surface area contributed by atoms with Gasteiger partial charge >= 0.3 is 5.97 Å². The van der Waals surface area contributed by atoms with Crippen molar-refractivity contribution >= 4 is 11.9 Å². The largest absolute Gasteiger partial charge is 0.493 e. The first kappa shape index (κ1) is 21.3. The fourth-order valence-corrected chi connectivity index (χ4v) is 2.77. The molecule has 0 saturated heterocycles. The first-order chi connectivity index (χ1) is 13.4. The number of carbonyl (C=O) groups excluding carboxylic acids is 2. The van der Waals surface area contributed by atoms with Gasteiger partial charge in [-0.2, -0.15) is 0 Å². The van der Waals surface area contributed by atoms with Crippen LogP contribution in [0, 0.1) is 0 Å². The lowest BCUT2D eigenvalue weighted by molar-refractivity contribution is -0.155. The number of benzene rings is 2. The zero-order chi connectivity index (χ0) is 20.5. The number of carbonyl (C=O) groups is 2. The standard InChI is InChI=1S/C22H27NO5/c1-15(18-8-6-5-7-9-18)12-21(24)28-16(2)22(25)23-14-17-10-11-19(26-3)20(13-17)27-4/h5-11,13,15-16H,12,14H2,1-4H3,(H,23,25)/t15-,16+/m0/s1. The van der Waals surface area contributed by atoms with Crippen LogP contribution in [0.15, 0.2) is 48.5 Å². The van der Waals surface area contributed by atoms with Crippen LogP contribution in [0.25, 0.3) is 0 Å². The molecule has 0 aromatic heterocycles. The molecular formula is C22H27NO5. The second-order valence-corrected chi connectivity index (χ2v) is 6.56. The van der Waals surface area contributed by atoms with Gasteiger partial charge in [-0.05, 0) is 36.1 Å². The van der Waals surface area contributed by atoms with Crippen molar-refractivity contribution < 1.29 is 23.8 Å². The first-order valence-electron chi connectivity index (χ1n) is 9.17. The van der Waals surface area contributed by atoms with Gasteiger partial charge in [0.1, 0.15) is 0 Å². The van der Waals surface area contributed by atoms with Crippen LogP contribution in [0.4, 0.5) is 0 Å². The minimum Gasteiger partial charge on any atom is -0.493 e. The SMILES string of the molecule is COc1ccc(CNC(=O)[C@@H](C)OC(=O)C[C@H](C)c2ccccc2)cc1OC. The topological polar surface area (TPSA) is 73.9 Å². The van der Waals surface area contributed by atoms with Crippen LogP contribution in [0.3, 0.4) is 0 Å². The van der Waals surface area contributed by atoms with Crippen LogP contribution in [0.1, 0.15) is 37.3 Å². The van der Waals surface area contributed by atoms with Crippen molar-refractivity contribution in [2.24, 2.45) is 0 Å². The average Bonchev–Trinajstić information content (AvgIpc) is 2.72. The molecule has 0 aliphatic carbocycles. The molecule has 2 atom stereocenters. The second-order valence-electron chi connectivity index (χ2n) is 6.56. The van der Waals surface area contributed by atoms with Gasteiger partial charge in [0.25, 0.3) is 5.91 Å². The third kappa shape index (κ3) is 6.01. The number of nitrogens with one attached hydrogen (secondary N) is 1. The van der Waals surface area contributed by atoms with E-state index in [2.05, 4.69) is 5.32 Å². The summed E-state index contributed by atoms with van der Waals surface area (Å²) in [6.07, 6.45) is -0.646. The second kappa shape index (κ2) is 10.3. The van der Waals surface area contributed by atoms with Crippen LogP contribution >= 0.6 is 0 Å². The number of rotatable bonds is 9. The van der Waals surface area contributed by atoms with Crippen LogP contribution < -0.4 is 14.8 Å². The Morgan fingerprint density at radius 2 is 1.64 bits per heavy atom. The van der Waals surface area contributed by atoms with Gasteiger partial charge in [-0.25, -0.2) is 0 Å². The molecule has 0 heterocycles. The molecule has 6 nitrogen and oxygen atoms in total. The summed E-state index contributed by atoms with van der Waals surface area (Å²) in [7, 11) is 3.12. The number of hydrogen-bond donors (Lipinski definition) is 1. The van der Waals surface area contributed by atoms with Gasteiger partial charge in [-0.15, -0.1) is 0 Å². The summed E-state index contributed by atoms with van der Waals surface area (Å²) in [5.74, 6) is 0.479. The van der Waals surface area contributed by atoms with Crippen molar-refractivity contribution in [2.45, 2.75) is 38.8 Å². The van der Waals surface area contributed by atoms with E-state index in [0.29, 0.717) is 18.0 Å². The highest BCUT2D eigenvalue weighted by molar-refractivity contribution is 5.83. The molecule has 150 valence electrons. The normalized spacial score (nSPS) is 12.6. The highest BCUT2D eigenvalue weighted by Crippen LogP contribution is 2.27. The van der Waals surface area contributed by atoms with E-state index in [-0.39, 0.29) is 18.2 Å². The van der Waals surface area contributed by atoms with E-state index >= 15 is 0 Å². The average molecular weight is 385 g/mol. The molecule has 6 heteroatoms. The maximum absolute atomic E-state index is 12.2. The Kier molecular flexibility index (Phi) is 7.87. The Balaban J connectivity index is 1.83. The predicted octanol–water partition coefficient (Wildman–Crippen LogP) is 3.45. The molecule has 0 aliphatic heterocycles. The molecular weight excluding hydrogens is 358 g/mol. The number of methoxy groups -OCH3 is 2. The molecule has 0 bridgehead atoms. The molecule has 28 heavy (non-hydrogen) atoms. The van der Waals surface area contributed by atoms with Gasteiger partial charge in [0.05, 0.1) is 20.6 Å². The van der Waals surface area contributed by atoms with Crippen molar-refractivity contribution in [3.63, 3.8) is 0 Å². The van der Waals surface area contributed by atoms with E-state index in [1.165, 1.54) is 0 Å². The van der Waals surface area contributed by atoms with Crippen LogP contribution in [-0.4, -0.2) is 32.2 Å². The maximum Gasteiger partial charge on any atom is 0.307 e. The third-order valence-electron chi connectivity index (χ3n) is 4.43. The summed E-state index contributed by atoms with van der Waals surface area (Å²) in [5.41, 5.74) is 1.91. The van der Waals surface area contributed by atoms with Crippen molar-refractivity contribution in [3.05, 3.63) is 59.7 Å². The Bertz CT molecular complexity index is 791. The molecule has 1 N–H and O–H groups in total. The van der Waals surface area contributed by atoms with Crippen LogP contribution in [0.2, 0.25) is 0 Å². The van der Waals surface area contributed by atoms with E-state index in [4.69, 9.17) is 14.2 Å². The molecule has 0 unspecified atom stereocenters. The van der Waals surface area contributed by atoms with Gasteiger partial charge < -0.3 is 19.5 Å². The first-order valence-corrected chi connectivity index (χ1v) is 9.17. The summed E-state index contributed by atoms with van der Waals surface area (Å²) in [6.45, 7) is 3.81. The van der Waals surface area contributed by atoms with Gasteiger partial charge in [-0.1, -0.05) is 43.3 Å². The van der Waals surface area contributed by atoms with Gasteiger partial charge in [0.2, 0.25) is 0 Å². The zero-order valence-electron chi connectivity index (χ0n) is 16.7. The maximum atomic E-state index is 12.2. The molecule has 2 aromatic rings. The molecule has 0 spiro atoms. The fourth-order valence-electron chi connectivity index (χ4n) is 2.77. The Morgan fingerprint density at radius 3 is 2.29 bits per heavy atom. The van der Waals surface area contributed by atoms with Crippen LogP contribution in [0.5, 0.6) is 11.5 Å². The van der Waals surface area contributed by atoms with Crippen LogP contribution in [-0.2, 0) is 20.9 Å². The van der Waals surface area contributed by atoms with E-state index in [0.717, 1.165) is 11.1 Å². The summed E-state index contributed by atoms with van der Waals surface area (Å²) < 4.78 is 15.7. The predicted molar refractivity (Wildman–Crippen MR) is 106 cm³/mol. The quantitative estimate of drug-likeness (QED) is 0.670. The molecule has 2 aromatic carbocycles. The summed E-state index contributed by atoms with van der Waals surface area (Å²) in [5, 5.41) is 2.77. The van der Waals surface area contributed by atoms with Gasteiger partial charge in [-0.3, -0.25) is 9.59 Å². The minimum absolute atomic E-state index is 0.0238. The monoisotopic (exact) mass is 385 g/mol. The fraction of sp³-hybridized carbons (Fsp3) is 0.364. The molecule has 0 radical (unpaired) electrons. The Labute approximate surface area is 165 Å². The molecule has 0 saturated carbocycles. The molecule has 2 rings (SSSR count). The molecule has 0 fully saturated rings. The number of amides is 1. The van der Waals surface area contributed by atoms with Crippen molar-refractivity contribution in [2.75, 3.05) is 14.2 Å². The summed E-state index contributed by atoms with van der Waals surface area (Å²) in [6, 6.07) is 15.1. The Hall–Kier alpha value is -3.02. The van der Waals surface area contributed by atoms with Crippen molar-refractivity contribution in [3.8, 4) is 11.5 Å². The zero-order valence-corrected chi connectivity index (χ0v) is 16.7. The van der Waals surface area contributed by atoms with E-state index in [1.54, 1.807) is 33.3 Å². The Morgan fingerprint density at radius 1 is 0.964 bits per heavy atom. The van der Waals surface area contributed by atoms with E-state index in [1.807, 2.05) is 43.3 Å². The third-order valence-corrected chi connectivity index (χ3v) is 4.43. The highest BCUT2D eigenvalue weighted by atomic mass is 16.5. The van der Waals surface area contributed by atoms with Gasteiger partial charge in [0, 0.05) is 6.54 Å². The van der Waals surface area contributed by atoms with E-state index < -0.39 is 12.1 Å². The van der Waals surface area contributed by atoms with E-state index in [9.17, 15) is 9.59 Å². The summed E-state index contributed by atoms with van der Waals surface area (Å²) >= 11 is 0. The minimum atomic E-state index is -0.865. The lowest BCUT2D eigenvalue weighted by Crippen LogP contribution is -2.35. The molecule has 0 aliphatic rings. The van der Waals surface area contributed by atoms with Crippen molar-refractivity contribution in [1.82, 2.24) is 5.32 Å². The highest BCUT2D eigenvalue weighted by Gasteiger charge is 2.20. The number of ether oxygens (including phenoxy) is 3. The van der Waals surface area contributed by atoms with Crippen molar-refractivity contribution in [1.29, 1.82) is 0 Å². The lowest BCUT2D eigenvalue weighted by Gasteiger charge is -2.16.